The highest BCUT2D eigenvalue weighted by atomic mass is 16.5. The number of imidazole rings is 1. The van der Waals surface area contributed by atoms with Crippen molar-refractivity contribution in [3.05, 3.63) is 48.0 Å². The number of aromatic nitrogens is 2. The van der Waals surface area contributed by atoms with Crippen molar-refractivity contribution in [1.82, 2.24) is 14.9 Å². The van der Waals surface area contributed by atoms with E-state index in [9.17, 15) is 4.79 Å². The third-order valence-corrected chi connectivity index (χ3v) is 3.63. The first-order valence-corrected chi connectivity index (χ1v) is 7.56. The van der Waals surface area contributed by atoms with Crippen molar-refractivity contribution in [2.24, 2.45) is 7.05 Å². The maximum Gasteiger partial charge on any atom is 0.220 e. The van der Waals surface area contributed by atoms with Gasteiger partial charge in [0.05, 0.1) is 7.11 Å². The fraction of sp³-hybridized carbons (Fsp3) is 0.412. The minimum atomic E-state index is -0.319. The van der Waals surface area contributed by atoms with E-state index in [1.165, 1.54) is 0 Å². The molecule has 0 saturated heterocycles. The molecule has 2 aromatic rings. The Morgan fingerprint density at radius 1 is 1.41 bits per heavy atom. The smallest absolute Gasteiger partial charge is 0.220 e. The Labute approximate surface area is 131 Å². The highest BCUT2D eigenvalue weighted by Gasteiger charge is 2.23. The molecule has 118 valence electrons. The molecule has 0 radical (unpaired) electrons. The molecule has 1 N–H and O–H groups in total. The van der Waals surface area contributed by atoms with Crippen molar-refractivity contribution in [2.75, 3.05) is 7.11 Å². The molecule has 0 unspecified atom stereocenters. The Kier molecular flexibility index (Phi) is 5.58. The van der Waals surface area contributed by atoms with Crippen LogP contribution in [0.3, 0.4) is 0 Å². The summed E-state index contributed by atoms with van der Waals surface area (Å²) in [4.78, 5) is 16.6. The van der Waals surface area contributed by atoms with E-state index in [0.29, 0.717) is 6.42 Å². The Balaban J connectivity index is 2.34. The average molecular weight is 301 g/mol. The summed E-state index contributed by atoms with van der Waals surface area (Å²) >= 11 is 0. The molecule has 1 aromatic heterocycles. The zero-order chi connectivity index (χ0) is 15.9. The molecule has 1 atom stereocenters. The maximum atomic E-state index is 12.2. The first kappa shape index (κ1) is 16.1. The summed E-state index contributed by atoms with van der Waals surface area (Å²) in [6.07, 6.45) is 6.00. The van der Waals surface area contributed by atoms with E-state index >= 15 is 0 Å². The first-order valence-electron chi connectivity index (χ1n) is 7.56. The van der Waals surface area contributed by atoms with E-state index in [1.807, 2.05) is 42.1 Å². The number of methoxy groups -OCH3 is 1. The maximum absolute atomic E-state index is 12.2. The zero-order valence-electron chi connectivity index (χ0n) is 13.4. The molecule has 0 aliphatic rings. The van der Waals surface area contributed by atoms with Crippen LogP contribution in [0.5, 0.6) is 5.75 Å². The van der Waals surface area contributed by atoms with E-state index in [4.69, 9.17) is 4.74 Å². The largest absolute Gasteiger partial charge is 0.496 e. The summed E-state index contributed by atoms with van der Waals surface area (Å²) in [7, 11) is 3.55. The van der Waals surface area contributed by atoms with Crippen molar-refractivity contribution >= 4 is 5.91 Å². The lowest BCUT2D eigenvalue weighted by Gasteiger charge is -2.21. The van der Waals surface area contributed by atoms with Gasteiger partial charge in [0, 0.05) is 31.4 Å². The second kappa shape index (κ2) is 7.64. The van der Waals surface area contributed by atoms with Crippen LogP contribution in [0.15, 0.2) is 36.7 Å². The predicted molar refractivity (Wildman–Crippen MR) is 85.7 cm³/mol. The number of carbonyl (C=O) groups excluding carboxylic acids is 1. The van der Waals surface area contributed by atoms with Gasteiger partial charge in [-0.15, -0.1) is 0 Å². The predicted octanol–water partition coefficient (Wildman–Crippen LogP) is 2.82. The topological polar surface area (TPSA) is 56.1 Å². The Hall–Kier alpha value is -2.30. The monoisotopic (exact) mass is 301 g/mol. The van der Waals surface area contributed by atoms with E-state index in [1.54, 1.807) is 13.3 Å². The number of para-hydroxylation sites is 1. The molecule has 0 bridgehead atoms. The van der Waals surface area contributed by atoms with Crippen LogP contribution in [-0.2, 0) is 11.8 Å². The van der Waals surface area contributed by atoms with E-state index in [2.05, 4.69) is 17.2 Å². The van der Waals surface area contributed by atoms with Gasteiger partial charge in [-0.2, -0.15) is 0 Å². The number of benzene rings is 1. The van der Waals surface area contributed by atoms with Crippen LogP contribution in [0.2, 0.25) is 0 Å². The molecule has 5 heteroatoms. The molecule has 22 heavy (non-hydrogen) atoms. The SMILES string of the molecule is CCCCC(=O)N[C@H](c1ccccc1OC)c1nccn1C. The highest BCUT2D eigenvalue weighted by Crippen LogP contribution is 2.29. The minimum Gasteiger partial charge on any atom is -0.496 e. The van der Waals surface area contributed by atoms with Crippen molar-refractivity contribution in [2.45, 2.75) is 32.2 Å². The molecule has 1 aromatic carbocycles. The molecular formula is C17H23N3O2. The average Bonchev–Trinajstić information content (AvgIpc) is 2.96. The summed E-state index contributed by atoms with van der Waals surface area (Å²) in [5.41, 5.74) is 0.907. The molecule has 0 fully saturated rings. The van der Waals surface area contributed by atoms with Crippen molar-refractivity contribution < 1.29 is 9.53 Å². The third-order valence-electron chi connectivity index (χ3n) is 3.63. The summed E-state index contributed by atoms with van der Waals surface area (Å²) in [5.74, 6) is 1.56. The second-order valence-electron chi connectivity index (χ2n) is 5.24. The van der Waals surface area contributed by atoms with Gasteiger partial charge >= 0.3 is 0 Å². The number of carbonyl (C=O) groups is 1. The van der Waals surface area contributed by atoms with Crippen LogP contribution in [0, 0.1) is 0 Å². The van der Waals surface area contributed by atoms with Gasteiger partial charge < -0.3 is 14.6 Å². The molecular weight excluding hydrogens is 278 g/mol. The number of hydrogen-bond donors (Lipinski definition) is 1. The fourth-order valence-corrected chi connectivity index (χ4v) is 2.41. The van der Waals surface area contributed by atoms with Gasteiger partial charge in [-0.1, -0.05) is 31.5 Å². The molecule has 0 spiro atoms. The highest BCUT2D eigenvalue weighted by molar-refractivity contribution is 5.77. The third kappa shape index (κ3) is 3.67. The number of ether oxygens (including phenoxy) is 1. The lowest BCUT2D eigenvalue weighted by atomic mass is 10.0. The number of amides is 1. The number of aryl methyl sites for hydroxylation is 1. The number of nitrogens with one attached hydrogen (secondary N) is 1. The van der Waals surface area contributed by atoms with Gasteiger partial charge in [-0.25, -0.2) is 4.98 Å². The van der Waals surface area contributed by atoms with Crippen LogP contribution in [-0.4, -0.2) is 22.6 Å². The Morgan fingerprint density at radius 3 is 2.82 bits per heavy atom. The molecule has 0 saturated carbocycles. The van der Waals surface area contributed by atoms with Crippen molar-refractivity contribution in [1.29, 1.82) is 0 Å². The lowest BCUT2D eigenvalue weighted by molar-refractivity contribution is -0.121. The zero-order valence-corrected chi connectivity index (χ0v) is 13.4. The first-order chi connectivity index (χ1) is 10.7. The van der Waals surface area contributed by atoms with Gasteiger partial charge in [0.25, 0.3) is 0 Å². The van der Waals surface area contributed by atoms with E-state index in [0.717, 1.165) is 30.0 Å². The molecule has 1 heterocycles. The quantitative estimate of drug-likeness (QED) is 0.855. The van der Waals surface area contributed by atoms with E-state index < -0.39 is 0 Å². The van der Waals surface area contributed by atoms with Crippen LogP contribution < -0.4 is 10.1 Å². The molecule has 5 nitrogen and oxygen atoms in total. The van der Waals surface area contributed by atoms with Gasteiger partial charge in [0.1, 0.15) is 17.6 Å². The normalized spacial score (nSPS) is 12.0. The van der Waals surface area contributed by atoms with Crippen LogP contribution in [0.25, 0.3) is 0 Å². The molecule has 1 amide bonds. The second-order valence-corrected chi connectivity index (χ2v) is 5.24. The lowest BCUT2D eigenvalue weighted by Crippen LogP contribution is -2.31. The Morgan fingerprint density at radius 2 is 2.18 bits per heavy atom. The number of unbranched alkanes of at least 4 members (excludes halogenated alkanes) is 1. The number of rotatable bonds is 7. The molecule has 0 aliphatic heterocycles. The molecule has 0 aliphatic carbocycles. The van der Waals surface area contributed by atoms with Crippen LogP contribution in [0.1, 0.15) is 43.6 Å². The number of nitrogens with zero attached hydrogens (tertiary/aromatic N) is 2. The summed E-state index contributed by atoms with van der Waals surface area (Å²) in [6, 6.07) is 7.38. The van der Waals surface area contributed by atoms with Crippen molar-refractivity contribution in [3.63, 3.8) is 0 Å². The number of hydrogen-bond acceptors (Lipinski definition) is 3. The van der Waals surface area contributed by atoms with Crippen LogP contribution >= 0.6 is 0 Å². The van der Waals surface area contributed by atoms with Gasteiger partial charge in [-0.3, -0.25) is 4.79 Å². The molecule has 2 rings (SSSR count). The summed E-state index contributed by atoms with van der Waals surface area (Å²) in [6.45, 7) is 2.07. The van der Waals surface area contributed by atoms with Gasteiger partial charge in [0.2, 0.25) is 5.91 Å². The fourth-order valence-electron chi connectivity index (χ4n) is 2.41. The Bertz CT molecular complexity index is 622. The van der Waals surface area contributed by atoms with Crippen molar-refractivity contribution in [3.8, 4) is 5.75 Å². The van der Waals surface area contributed by atoms with Gasteiger partial charge in [0.15, 0.2) is 0 Å². The van der Waals surface area contributed by atoms with E-state index in [-0.39, 0.29) is 11.9 Å². The summed E-state index contributed by atoms with van der Waals surface area (Å²) < 4.78 is 7.35. The minimum absolute atomic E-state index is 0.0285. The standard InChI is InChI=1S/C17H23N3O2/c1-4-5-10-15(21)19-16(17-18-11-12-20(17)2)13-8-6-7-9-14(13)22-3/h6-9,11-12,16H,4-5,10H2,1-3H3,(H,19,21)/t16-/m1/s1. The van der Waals surface area contributed by atoms with Gasteiger partial charge in [-0.05, 0) is 12.5 Å². The van der Waals surface area contributed by atoms with Crippen LogP contribution in [0.4, 0.5) is 0 Å². The summed E-state index contributed by atoms with van der Waals surface area (Å²) in [5, 5.41) is 3.08.